The van der Waals surface area contributed by atoms with Crippen LogP contribution in [0.5, 0.6) is 0 Å². The van der Waals surface area contributed by atoms with Crippen LogP contribution in [0.25, 0.3) is 0 Å². The van der Waals surface area contributed by atoms with Crippen molar-refractivity contribution in [2.45, 2.75) is 83.5 Å². The van der Waals surface area contributed by atoms with E-state index < -0.39 is 0 Å². The van der Waals surface area contributed by atoms with E-state index in [1.54, 1.807) is 0 Å². The Balaban J connectivity index is 2.09. The van der Waals surface area contributed by atoms with Gasteiger partial charge < -0.3 is 10.5 Å². The molecule has 0 spiro atoms. The maximum Gasteiger partial charge on any atom is 0.0760 e. The minimum Gasteiger partial charge on any atom is -0.367 e. The molecule has 2 fully saturated rings. The van der Waals surface area contributed by atoms with Crippen molar-refractivity contribution in [3.63, 3.8) is 0 Å². The van der Waals surface area contributed by atoms with Crippen molar-refractivity contribution in [2.75, 3.05) is 19.6 Å². The van der Waals surface area contributed by atoms with Gasteiger partial charge >= 0.3 is 0 Å². The van der Waals surface area contributed by atoms with Crippen molar-refractivity contribution in [1.82, 2.24) is 4.90 Å². The SMILES string of the molecule is CC1(C)CN(C(CN)C2CCCCCC2)CC(C)(C)O1. The van der Waals surface area contributed by atoms with Crippen LogP contribution in [0.15, 0.2) is 0 Å². The number of nitrogens with two attached hydrogens (primary N) is 1. The lowest BCUT2D eigenvalue weighted by Crippen LogP contribution is -2.62. The second-order valence-electron chi connectivity index (χ2n) is 8.08. The highest BCUT2D eigenvalue weighted by molar-refractivity contribution is 4.94. The van der Waals surface area contributed by atoms with Gasteiger partial charge in [0.25, 0.3) is 0 Å². The first-order chi connectivity index (χ1) is 9.33. The summed E-state index contributed by atoms with van der Waals surface area (Å²) in [6, 6.07) is 0.538. The lowest BCUT2D eigenvalue weighted by atomic mass is 9.87. The van der Waals surface area contributed by atoms with E-state index in [0.717, 1.165) is 25.6 Å². The van der Waals surface area contributed by atoms with Gasteiger partial charge in [0.15, 0.2) is 0 Å². The summed E-state index contributed by atoms with van der Waals surface area (Å²) in [4.78, 5) is 2.62. The summed E-state index contributed by atoms with van der Waals surface area (Å²) in [6.07, 6.45) is 8.32. The van der Waals surface area contributed by atoms with E-state index in [9.17, 15) is 0 Å². The minimum atomic E-state index is -0.0695. The standard InChI is InChI=1S/C17H34N2O/c1-16(2)12-19(13-17(3,4)20-16)15(11-18)14-9-7-5-6-8-10-14/h14-15H,5-13,18H2,1-4H3. The van der Waals surface area contributed by atoms with E-state index in [4.69, 9.17) is 10.5 Å². The fourth-order valence-electron chi connectivity index (χ4n) is 4.42. The molecule has 1 unspecified atom stereocenters. The van der Waals surface area contributed by atoms with Crippen molar-refractivity contribution >= 4 is 0 Å². The van der Waals surface area contributed by atoms with Crippen molar-refractivity contribution in [3.05, 3.63) is 0 Å². The predicted molar refractivity (Wildman–Crippen MR) is 84.9 cm³/mol. The third kappa shape index (κ3) is 4.19. The van der Waals surface area contributed by atoms with Crippen molar-refractivity contribution in [3.8, 4) is 0 Å². The fraction of sp³-hybridized carbons (Fsp3) is 1.00. The molecule has 2 aliphatic rings. The number of ether oxygens (including phenoxy) is 1. The molecule has 1 aliphatic carbocycles. The van der Waals surface area contributed by atoms with Crippen molar-refractivity contribution in [1.29, 1.82) is 0 Å². The van der Waals surface area contributed by atoms with Gasteiger partial charge in [0.2, 0.25) is 0 Å². The first-order valence-electron chi connectivity index (χ1n) is 8.47. The van der Waals surface area contributed by atoms with Crippen LogP contribution >= 0.6 is 0 Å². The molecule has 1 saturated heterocycles. The highest BCUT2D eigenvalue weighted by Gasteiger charge is 2.41. The van der Waals surface area contributed by atoms with Crippen LogP contribution in [0.1, 0.15) is 66.2 Å². The van der Waals surface area contributed by atoms with Gasteiger partial charge in [-0.2, -0.15) is 0 Å². The Hall–Kier alpha value is -0.120. The molecule has 0 bridgehead atoms. The van der Waals surface area contributed by atoms with Gasteiger partial charge in [0.05, 0.1) is 11.2 Å². The van der Waals surface area contributed by atoms with Gasteiger partial charge in [0, 0.05) is 25.7 Å². The quantitative estimate of drug-likeness (QED) is 0.808. The van der Waals surface area contributed by atoms with E-state index in [0.29, 0.717) is 6.04 Å². The van der Waals surface area contributed by atoms with Crippen LogP contribution in [-0.4, -0.2) is 41.8 Å². The van der Waals surface area contributed by atoms with Gasteiger partial charge in [-0.25, -0.2) is 0 Å². The molecule has 1 aliphatic heterocycles. The molecular weight excluding hydrogens is 248 g/mol. The van der Waals surface area contributed by atoms with E-state index >= 15 is 0 Å². The van der Waals surface area contributed by atoms with Crippen LogP contribution in [-0.2, 0) is 4.74 Å². The van der Waals surface area contributed by atoms with E-state index in [1.807, 2.05) is 0 Å². The molecule has 0 amide bonds. The number of hydrogen-bond acceptors (Lipinski definition) is 3. The Morgan fingerprint density at radius 1 is 1.00 bits per heavy atom. The van der Waals surface area contributed by atoms with Crippen LogP contribution in [0, 0.1) is 5.92 Å². The Morgan fingerprint density at radius 3 is 1.95 bits per heavy atom. The summed E-state index contributed by atoms with van der Waals surface area (Å²) in [5.41, 5.74) is 6.04. The summed E-state index contributed by atoms with van der Waals surface area (Å²) in [7, 11) is 0. The lowest BCUT2D eigenvalue weighted by Gasteiger charge is -2.51. The number of rotatable bonds is 3. The lowest BCUT2D eigenvalue weighted by molar-refractivity contribution is -0.190. The van der Waals surface area contributed by atoms with E-state index in [-0.39, 0.29) is 11.2 Å². The predicted octanol–water partition coefficient (Wildman–Crippen LogP) is 3.17. The number of hydrogen-bond donors (Lipinski definition) is 1. The zero-order chi connectivity index (χ0) is 14.8. The second kappa shape index (κ2) is 6.33. The minimum absolute atomic E-state index is 0.0695. The average Bonchev–Trinajstić information content (AvgIpc) is 2.54. The normalized spacial score (nSPS) is 29.9. The van der Waals surface area contributed by atoms with Crippen molar-refractivity contribution < 1.29 is 4.74 Å². The van der Waals surface area contributed by atoms with Gasteiger partial charge in [0.1, 0.15) is 0 Å². The summed E-state index contributed by atoms with van der Waals surface area (Å²) in [6.45, 7) is 11.6. The Labute approximate surface area is 125 Å². The molecule has 118 valence electrons. The monoisotopic (exact) mass is 282 g/mol. The maximum absolute atomic E-state index is 6.22. The molecule has 1 saturated carbocycles. The molecule has 20 heavy (non-hydrogen) atoms. The summed E-state index contributed by atoms with van der Waals surface area (Å²) in [5.74, 6) is 0.784. The van der Waals surface area contributed by atoms with Crippen LogP contribution in [0.2, 0.25) is 0 Å². The van der Waals surface area contributed by atoms with E-state index in [1.165, 1.54) is 38.5 Å². The van der Waals surface area contributed by atoms with Crippen molar-refractivity contribution in [2.24, 2.45) is 11.7 Å². The van der Waals surface area contributed by atoms with Gasteiger partial charge in [-0.05, 0) is 46.5 Å². The Morgan fingerprint density at radius 2 is 1.50 bits per heavy atom. The third-order valence-electron chi connectivity index (χ3n) is 4.87. The Bertz CT molecular complexity index is 290. The molecule has 1 heterocycles. The smallest absolute Gasteiger partial charge is 0.0760 e. The largest absolute Gasteiger partial charge is 0.367 e. The molecule has 3 nitrogen and oxygen atoms in total. The van der Waals surface area contributed by atoms with Gasteiger partial charge in [-0.1, -0.05) is 25.7 Å². The highest BCUT2D eigenvalue weighted by atomic mass is 16.5. The summed E-state index contributed by atoms with van der Waals surface area (Å²) >= 11 is 0. The molecule has 0 aromatic heterocycles. The van der Waals surface area contributed by atoms with Gasteiger partial charge in [-0.3, -0.25) is 4.90 Å². The number of morpholine rings is 1. The zero-order valence-electron chi connectivity index (χ0n) is 14.0. The molecule has 0 radical (unpaired) electrons. The molecule has 3 heteroatoms. The third-order valence-corrected chi connectivity index (χ3v) is 4.87. The first-order valence-corrected chi connectivity index (χ1v) is 8.47. The average molecular weight is 282 g/mol. The topological polar surface area (TPSA) is 38.5 Å². The molecule has 2 rings (SSSR count). The molecule has 2 N–H and O–H groups in total. The zero-order valence-corrected chi connectivity index (χ0v) is 14.0. The first kappa shape index (κ1) is 16.3. The fourth-order valence-corrected chi connectivity index (χ4v) is 4.42. The molecule has 0 aromatic rings. The van der Waals surface area contributed by atoms with Crippen LogP contribution < -0.4 is 5.73 Å². The molecular formula is C17H34N2O. The maximum atomic E-state index is 6.22. The summed E-state index contributed by atoms with van der Waals surface area (Å²) < 4.78 is 6.22. The van der Waals surface area contributed by atoms with E-state index in [2.05, 4.69) is 32.6 Å². The second-order valence-corrected chi connectivity index (χ2v) is 8.08. The molecule has 1 atom stereocenters. The molecule has 0 aromatic carbocycles. The number of nitrogens with zero attached hydrogens (tertiary/aromatic N) is 1. The van der Waals surface area contributed by atoms with Crippen LogP contribution in [0.3, 0.4) is 0 Å². The van der Waals surface area contributed by atoms with Gasteiger partial charge in [-0.15, -0.1) is 0 Å². The summed E-state index contributed by atoms with van der Waals surface area (Å²) in [5, 5.41) is 0. The highest BCUT2D eigenvalue weighted by Crippen LogP contribution is 2.34. The van der Waals surface area contributed by atoms with Crippen LogP contribution in [0.4, 0.5) is 0 Å². The Kier molecular flexibility index (Phi) is 5.14.